The monoisotopic (exact) mass is 391 g/mol. The van der Waals surface area contributed by atoms with Gasteiger partial charge in [0.15, 0.2) is 0 Å². The van der Waals surface area contributed by atoms with Crippen LogP contribution in [0.2, 0.25) is 10.0 Å². The first-order valence-electron chi connectivity index (χ1n) is 8.33. The molecule has 1 amide bonds. The Hall–Kier alpha value is -2.01. The second-order valence-electron chi connectivity index (χ2n) is 5.86. The Morgan fingerprint density at radius 1 is 1.12 bits per heavy atom. The van der Waals surface area contributed by atoms with Crippen molar-refractivity contribution in [2.75, 3.05) is 26.3 Å². The Morgan fingerprint density at radius 3 is 2.54 bits per heavy atom. The highest BCUT2D eigenvalue weighted by Crippen LogP contribution is 2.23. The number of ether oxygens (including phenoxy) is 2. The van der Waals surface area contributed by atoms with E-state index in [9.17, 15) is 4.79 Å². The molecule has 2 aromatic rings. The van der Waals surface area contributed by atoms with Crippen LogP contribution in [0.1, 0.15) is 11.1 Å². The van der Waals surface area contributed by atoms with E-state index in [1.54, 1.807) is 29.2 Å². The number of hydrogen-bond donors (Lipinski definition) is 0. The lowest BCUT2D eigenvalue weighted by Gasteiger charge is -2.25. The van der Waals surface area contributed by atoms with Gasteiger partial charge in [0.2, 0.25) is 5.91 Å². The summed E-state index contributed by atoms with van der Waals surface area (Å²) < 4.78 is 11.0. The van der Waals surface area contributed by atoms with E-state index in [2.05, 4.69) is 0 Å². The topological polar surface area (TPSA) is 38.8 Å². The second kappa shape index (κ2) is 9.08. The van der Waals surface area contributed by atoms with Crippen molar-refractivity contribution in [3.8, 4) is 5.75 Å². The van der Waals surface area contributed by atoms with E-state index < -0.39 is 0 Å². The fourth-order valence-corrected chi connectivity index (χ4v) is 2.99. The molecule has 136 valence electrons. The quantitative estimate of drug-likeness (QED) is 0.706. The highest BCUT2D eigenvalue weighted by atomic mass is 35.5. The van der Waals surface area contributed by atoms with Crippen molar-refractivity contribution in [3.63, 3.8) is 0 Å². The maximum atomic E-state index is 12.1. The van der Waals surface area contributed by atoms with Crippen molar-refractivity contribution in [2.45, 2.75) is 6.61 Å². The van der Waals surface area contributed by atoms with E-state index in [4.69, 9.17) is 32.7 Å². The Bertz CT molecular complexity index is 784. The number of carbonyl (C=O) groups is 1. The Kier molecular flexibility index (Phi) is 6.56. The van der Waals surface area contributed by atoms with Gasteiger partial charge in [0.05, 0.1) is 13.2 Å². The van der Waals surface area contributed by atoms with Crippen molar-refractivity contribution in [1.29, 1.82) is 0 Å². The fourth-order valence-electron chi connectivity index (χ4n) is 2.53. The van der Waals surface area contributed by atoms with Crippen LogP contribution in [-0.2, 0) is 16.1 Å². The molecule has 26 heavy (non-hydrogen) atoms. The zero-order valence-electron chi connectivity index (χ0n) is 14.2. The number of rotatable bonds is 5. The summed E-state index contributed by atoms with van der Waals surface area (Å²) in [5.74, 6) is 0.735. The summed E-state index contributed by atoms with van der Waals surface area (Å²) in [7, 11) is 0. The van der Waals surface area contributed by atoms with Gasteiger partial charge in [0.1, 0.15) is 12.4 Å². The molecule has 0 saturated carbocycles. The molecule has 2 aromatic carbocycles. The summed E-state index contributed by atoms with van der Waals surface area (Å²) in [5, 5.41) is 1.18. The molecular formula is C20H19Cl2NO3. The molecule has 1 fully saturated rings. The third kappa shape index (κ3) is 5.24. The maximum absolute atomic E-state index is 12.1. The second-order valence-corrected chi connectivity index (χ2v) is 6.71. The number of carbonyl (C=O) groups excluding carboxylic acids is 1. The van der Waals surface area contributed by atoms with Gasteiger partial charge in [-0.15, -0.1) is 0 Å². The fraction of sp³-hybridized carbons (Fsp3) is 0.250. The zero-order chi connectivity index (χ0) is 18.4. The largest absolute Gasteiger partial charge is 0.489 e. The molecule has 6 heteroatoms. The van der Waals surface area contributed by atoms with E-state index in [1.807, 2.05) is 30.3 Å². The molecule has 1 aliphatic heterocycles. The predicted molar refractivity (Wildman–Crippen MR) is 104 cm³/mol. The number of hydrogen-bond acceptors (Lipinski definition) is 3. The molecule has 1 heterocycles. The van der Waals surface area contributed by atoms with Crippen molar-refractivity contribution < 1.29 is 14.3 Å². The van der Waals surface area contributed by atoms with Gasteiger partial charge < -0.3 is 14.4 Å². The highest BCUT2D eigenvalue weighted by molar-refractivity contribution is 6.35. The molecule has 0 atom stereocenters. The molecule has 1 aliphatic rings. The van der Waals surface area contributed by atoms with Crippen LogP contribution in [-0.4, -0.2) is 37.1 Å². The summed E-state index contributed by atoms with van der Waals surface area (Å²) in [6.07, 6.45) is 3.40. The first-order valence-corrected chi connectivity index (χ1v) is 9.09. The van der Waals surface area contributed by atoms with Gasteiger partial charge >= 0.3 is 0 Å². The lowest BCUT2D eigenvalue weighted by molar-refractivity contribution is -0.129. The number of benzene rings is 2. The zero-order valence-corrected chi connectivity index (χ0v) is 15.7. The van der Waals surface area contributed by atoms with E-state index in [1.165, 1.54) is 0 Å². The summed E-state index contributed by atoms with van der Waals surface area (Å²) in [4.78, 5) is 13.9. The Labute approximate surface area is 162 Å². The molecular weight excluding hydrogens is 373 g/mol. The molecule has 3 rings (SSSR count). The van der Waals surface area contributed by atoms with E-state index in [0.29, 0.717) is 43.0 Å². The molecule has 0 N–H and O–H groups in total. The summed E-state index contributed by atoms with van der Waals surface area (Å²) in [6, 6.07) is 12.9. The first kappa shape index (κ1) is 18.8. The minimum Gasteiger partial charge on any atom is -0.489 e. The van der Waals surface area contributed by atoms with Gasteiger partial charge in [-0.2, -0.15) is 0 Å². The highest BCUT2D eigenvalue weighted by Gasteiger charge is 2.13. The van der Waals surface area contributed by atoms with Crippen molar-refractivity contribution in [3.05, 3.63) is 69.7 Å². The van der Waals surface area contributed by atoms with Crippen LogP contribution >= 0.6 is 23.2 Å². The van der Waals surface area contributed by atoms with Crippen LogP contribution in [0.3, 0.4) is 0 Å². The van der Waals surface area contributed by atoms with Crippen LogP contribution in [0.25, 0.3) is 6.08 Å². The van der Waals surface area contributed by atoms with Crippen LogP contribution in [0.15, 0.2) is 48.5 Å². The molecule has 0 spiro atoms. The molecule has 0 radical (unpaired) electrons. The Balaban J connectivity index is 1.54. The molecule has 1 saturated heterocycles. The van der Waals surface area contributed by atoms with Gasteiger partial charge in [-0.1, -0.05) is 41.4 Å². The Morgan fingerprint density at radius 2 is 1.85 bits per heavy atom. The normalized spacial score (nSPS) is 14.6. The third-order valence-corrected chi connectivity index (χ3v) is 4.62. The summed E-state index contributed by atoms with van der Waals surface area (Å²) in [6.45, 7) is 2.85. The van der Waals surface area contributed by atoms with E-state index in [0.717, 1.165) is 16.9 Å². The lowest BCUT2D eigenvalue weighted by atomic mass is 10.2. The third-order valence-electron chi connectivity index (χ3n) is 4.03. The van der Waals surface area contributed by atoms with Gasteiger partial charge in [0.25, 0.3) is 0 Å². The van der Waals surface area contributed by atoms with Gasteiger partial charge in [-0.3, -0.25) is 4.79 Å². The summed E-state index contributed by atoms with van der Waals surface area (Å²) >= 11 is 12.0. The van der Waals surface area contributed by atoms with Gasteiger partial charge in [-0.05, 0) is 35.9 Å². The van der Waals surface area contributed by atoms with E-state index >= 15 is 0 Å². The molecule has 0 aliphatic carbocycles. The van der Waals surface area contributed by atoms with E-state index in [-0.39, 0.29) is 5.91 Å². The number of morpholine rings is 1. The molecule has 0 bridgehead atoms. The van der Waals surface area contributed by atoms with Crippen LogP contribution in [0.5, 0.6) is 5.75 Å². The number of nitrogens with zero attached hydrogens (tertiary/aromatic N) is 1. The smallest absolute Gasteiger partial charge is 0.246 e. The maximum Gasteiger partial charge on any atom is 0.246 e. The van der Waals surface area contributed by atoms with Crippen LogP contribution < -0.4 is 4.74 Å². The van der Waals surface area contributed by atoms with Gasteiger partial charge in [0, 0.05) is 34.8 Å². The number of halogens is 2. The van der Waals surface area contributed by atoms with Gasteiger partial charge in [-0.25, -0.2) is 0 Å². The first-order chi connectivity index (χ1) is 12.6. The minimum absolute atomic E-state index is 0.00556. The van der Waals surface area contributed by atoms with Crippen molar-refractivity contribution in [1.82, 2.24) is 4.90 Å². The number of amides is 1. The molecule has 0 unspecified atom stereocenters. The lowest BCUT2D eigenvalue weighted by Crippen LogP contribution is -2.39. The molecule has 0 aromatic heterocycles. The van der Waals surface area contributed by atoms with Crippen molar-refractivity contribution >= 4 is 35.2 Å². The molecule has 4 nitrogen and oxygen atoms in total. The standard InChI is InChI=1S/C20H19Cl2NO3/c21-17-5-4-16(19(22)13-17)14-26-18-6-1-15(2-7-18)3-8-20(24)23-9-11-25-12-10-23/h1-8,13H,9-12,14H2/b8-3+. The average molecular weight is 392 g/mol. The van der Waals surface area contributed by atoms with Crippen LogP contribution in [0.4, 0.5) is 0 Å². The minimum atomic E-state index is 0.00556. The van der Waals surface area contributed by atoms with Crippen molar-refractivity contribution in [2.24, 2.45) is 0 Å². The van der Waals surface area contributed by atoms with Crippen LogP contribution in [0, 0.1) is 0 Å². The summed E-state index contributed by atoms with van der Waals surface area (Å²) in [5.41, 5.74) is 1.81. The average Bonchev–Trinajstić information content (AvgIpc) is 2.67. The SMILES string of the molecule is O=C(/C=C/c1ccc(OCc2ccc(Cl)cc2Cl)cc1)N1CCOCC1. The predicted octanol–water partition coefficient (Wildman–Crippen LogP) is 4.44.